The Balaban J connectivity index is 2.24. The van der Waals surface area contributed by atoms with Gasteiger partial charge in [-0.1, -0.05) is 13.3 Å². The second-order valence-corrected chi connectivity index (χ2v) is 3.59. The fraction of sp³-hybridized carbons (Fsp3) is 0.889. The molecule has 1 rings (SSSR count). The molecule has 0 aromatic carbocycles. The lowest BCUT2D eigenvalue weighted by Crippen LogP contribution is -2.32. The molecule has 1 aliphatic heterocycles. The normalized spacial score (nSPS) is 24.6. The van der Waals surface area contributed by atoms with E-state index in [9.17, 15) is 0 Å². The highest BCUT2D eigenvalue weighted by Gasteiger charge is 2.12. The molecule has 1 aliphatic rings. The lowest BCUT2D eigenvalue weighted by atomic mass is 10.2. The largest absolute Gasteiger partial charge is 0.469 e. The van der Waals surface area contributed by atoms with Gasteiger partial charge in [0.05, 0.1) is 0 Å². The van der Waals surface area contributed by atoms with Gasteiger partial charge >= 0.3 is 0 Å². The topological polar surface area (TPSA) is 21.3 Å². The Morgan fingerprint density at radius 1 is 1.50 bits per heavy atom. The van der Waals surface area contributed by atoms with Gasteiger partial charge < -0.3 is 4.74 Å². The van der Waals surface area contributed by atoms with Crippen LogP contribution in [0.15, 0.2) is 0 Å². The third-order valence-electron chi connectivity index (χ3n) is 2.08. The van der Waals surface area contributed by atoms with E-state index in [1.54, 1.807) is 0 Å². The van der Waals surface area contributed by atoms with Gasteiger partial charge in [0.15, 0.2) is 11.3 Å². The van der Waals surface area contributed by atoms with Gasteiger partial charge in [0, 0.05) is 6.42 Å². The van der Waals surface area contributed by atoms with Gasteiger partial charge in [0.1, 0.15) is 0 Å². The molecule has 0 saturated carbocycles. The van der Waals surface area contributed by atoms with Crippen LogP contribution in [0, 0.1) is 0 Å². The van der Waals surface area contributed by atoms with Gasteiger partial charge in [-0.15, -0.1) is 0 Å². The zero-order valence-corrected chi connectivity index (χ0v) is 8.45. The summed E-state index contributed by atoms with van der Waals surface area (Å²) in [6.45, 7) is 3.09. The van der Waals surface area contributed by atoms with Crippen molar-refractivity contribution in [1.29, 1.82) is 0 Å². The van der Waals surface area contributed by atoms with Gasteiger partial charge in [-0.3, -0.25) is 5.32 Å². The molecule has 1 saturated heterocycles. The molecule has 2 nitrogen and oxygen atoms in total. The fourth-order valence-corrected chi connectivity index (χ4v) is 1.46. The monoisotopic (exact) mass is 187 g/mol. The van der Waals surface area contributed by atoms with E-state index >= 15 is 0 Å². The smallest absolute Gasteiger partial charge is 0.161 e. The predicted octanol–water partition coefficient (Wildman–Crippen LogP) is 2.23. The molecule has 0 spiro atoms. The molecule has 1 fully saturated rings. The maximum absolute atomic E-state index is 5.54. The van der Waals surface area contributed by atoms with E-state index in [0.717, 1.165) is 24.4 Å². The van der Waals surface area contributed by atoms with Crippen LogP contribution >= 0.6 is 12.2 Å². The summed E-state index contributed by atoms with van der Waals surface area (Å²) in [5.41, 5.74) is 0. The van der Waals surface area contributed by atoms with Crippen LogP contribution in [-0.4, -0.2) is 17.8 Å². The molecule has 0 amide bonds. The Hall–Kier alpha value is -0.150. The van der Waals surface area contributed by atoms with E-state index in [1.165, 1.54) is 19.3 Å². The van der Waals surface area contributed by atoms with Gasteiger partial charge in [-0.2, -0.15) is 0 Å². The van der Waals surface area contributed by atoms with Crippen molar-refractivity contribution in [3.63, 3.8) is 0 Å². The molecule has 1 heterocycles. The van der Waals surface area contributed by atoms with Gasteiger partial charge in [-0.05, 0) is 38.0 Å². The number of hydrogen-bond acceptors (Lipinski definition) is 3. The maximum Gasteiger partial charge on any atom is 0.161 e. The van der Waals surface area contributed by atoms with Crippen molar-refractivity contribution in [1.82, 2.24) is 5.32 Å². The van der Waals surface area contributed by atoms with Crippen molar-refractivity contribution in [2.24, 2.45) is 0 Å². The summed E-state index contributed by atoms with van der Waals surface area (Å²) < 4.78 is 5.54. The molecule has 12 heavy (non-hydrogen) atoms. The van der Waals surface area contributed by atoms with Crippen LogP contribution in [0.3, 0.4) is 0 Å². The average Bonchev–Trinajstić information content (AvgIpc) is 2.33. The molecular formula is C9H17NOS. The Morgan fingerprint density at radius 3 is 3.08 bits per heavy atom. The predicted molar refractivity (Wildman–Crippen MR) is 54.2 cm³/mol. The second-order valence-electron chi connectivity index (χ2n) is 3.14. The van der Waals surface area contributed by atoms with Crippen molar-refractivity contribution >= 4 is 17.3 Å². The summed E-state index contributed by atoms with van der Waals surface area (Å²) in [4.78, 5) is 0. The molecule has 70 valence electrons. The Morgan fingerprint density at radius 2 is 2.33 bits per heavy atom. The zero-order chi connectivity index (χ0) is 8.81. The van der Waals surface area contributed by atoms with E-state index in [0.29, 0.717) is 0 Å². The summed E-state index contributed by atoms with van der Waals surface area (Å²) in [5, 5.41) is 4.07. The molecule has 1 N–H and O–H groups in total. The summed E-state index contributed by atoms with van der Waals surface area (Å²) in [5.74, 6) is 0. The van der Waals surface area contributed by atoms with Crippen LogP contribution in [0.2, 0.25) is 0 Å². The number of ether oxygens (including phenoxy) is 1. The van der Waals surface area contributed by atoms with Crippen LogP contribution in [-0.2, 0) is 4.74 Å². The molecule has 3 heteroatoms. The molecule has 0 aliphatic carbocycles. The van der Waals surface area contributed by atoms with Crippen LogP contribution in [0.25, 0.3) is 0 Å². The highest BCUT2D eigenvalue weighted by molar-refractivity contribution is 7.80. The molecule has 0 aromatic rings. The molecular weight excluding hydrogens is 170 g/mol. The van der Waals surface area contributed by atoms with Crippen molar-refractivity contribution in [2.45, 2.75) is 45.3 Å². The Kier molecular flexibility index (Phi) is 4.54. The first-order valence-corrected chi connectivity index (χ1v) is 5.16. The molecule has 1 unspecified atom stereocenters. The summed E-state index contributed by atoms with van der Waals surface area (Å²) >= 11 is 5.02. The lowest BCUT2D eigenvalue weighted by molar-refractivity contribution is 0.148. The van der Waals surface area contributed by atoms with Crippen LogP contribution in [0.5, 0.6) is 0 Å². The highest BCUT2D eigenvalue weighted by atomic mass is 32.1. The molecule has 1 atom stereocenters. The quantitative estimate of drug-likeness (QED) is 0.670. The first-order valence-electron chi connectivity index (χ1n) is 4.76. The van der Waals surface area contributed by atoms with Crippen LogP contribution in [0.4, 0.5) is 0 Å². The van der Waals surface area contributed by atoms with Crippen molar-refractivity contribution < 1.29 is 4.74 Å². The third kappa shape index (κ3) is 3.50. The Bertz CT molecular complexity index is 141. The number of thiocarbonyl (C=S) groups is 1. The first kappa shape index (κ1) is 9.93. The van der Waals surface area contributed by atoms with E-state index in [1.807, 2.05) is 6.92 Å². The van der Waals surface area contributed by atoms with Gasteiger partial charge in [-0.25, -0.2) is 0 Å². The van der Waals surface area contributed by atoms with E-state index in [-0.39, 0.29) is 6.23 Å². The minimum atomic E-state index is 0.181. The zero-order valence-electron chi connectivity index (χ0n) is 7.64. The van der Waals surface area contributed by atoms with E-state index in [4.69, 9.17) is 17.0 Å². The maximum atomic E-state index is 5.54. The number of hydrogen-bond donors (Lipinski definition) is 1. The fourth-order valence-electron chi connectivity index (χ4n) is 1.34. The summed E-state index contributed by atoms with van der Waals surface area (Å²) in [6, 6.07) is 0. The first-order chi connectivity index (χ1) is 5.83. The SMILES string of the molecule is CCC(=S)OC1CCCCCN1. The average molecular weight is 187 g/mol. The molecule has 0 aromatic heterocycles. The van der Waals surface area contributed by atoms with E-state index in [2.05, 4.69) is 5.32 Å². The van der Waals surface area contributed by atoms with Crippen molar-refractivity contribution in [2.75, 3.05) is 6.54 Å². The van der Waals surface area contributed by atoms with E-state index < -0.39 is 0 Å². The molecule has 0 radical (unpaired) electrons. The van der Waals surface area contributed by atoms with Crippen molar-refractivity contribution in [3.05, 3.63) is 0 Å². The second kappa shape index (κ2) is 5.49. The molecule has 0 bridgehead atoms. The van der Waals surface area contributed by atoms with Crippen LogP contribution < -0.4 is 5.32 Å². The van der Waals surface area contributed by atoms with Gasteiger partial charge in [0.2, 0.25) is 0 Å². The minimum Gasteiger partial charge on any atom is -0.469 e. The van der Waals surface area contributed by atoms with Gasteiger partial charge in [0.25, 0.3) is 0 Å². The van der Waals surface area contributed by atoms with Crippen molar-refractivity contribution in [3.8, 4) is 0 Å². The lowest BCUT2D eigenvalue weighted by Gasteiger charge is -2.17. The minimum absolute atomic E-state index is 0.181. The van der Waals surface area contributed by atoms with Crippen LogP contribution in [0.1, 0.15) is 39.0 Å². The highest BCUT2D eigenvalue weighted by Crippen LogP contribution is 2.10. The standard InChI is InChI=1S/C9H17NOS/c1-2-9(12)11-8-6-4-3-5-7-10-8/h8,10H,2-7H2,1H3. The Labute approximate surface area is 79.7 Å². The summed E-state index contributed by atoms with van der Waals surface area (Å²) in [7, 11) is 0. The summed E-state index contributed by atoms with van der Waals surface area (Å²) in [6.07, 6.45) is 5.95. The number of nitrogens with one attached hydrogen (secondary N) is 1. The third-order valence-corrected chi connectivity index (χ3v) is 2.46. The number of rotatable bonds is 2.